The first-order valence-corrected chi connectivity index (χ1v) is 7.02. The number of unbranched alkanes of at least 4 members (excludes halogenated alkanes) is 2. The quantitative estimate of drug-likeness (QED) is 0.708. The van der Waals surface area contributed by atoms with Crippen LogP contribution < -0.4 is 0 Å². The first-order valence-electron chi connectivity index (χ1n) is 7.02. The van der Waals surface area contributed by atoms with Crippen LogP contribution in [0.5, 0.6) is 0 Å². The van der Waals surface area contributed by atoms with E-state index in [2.05, 4.69) is 13.8 Å². The topological polar surface area (TPSA) is 74.6 Å². The number of aromatic carboxylic acids is 2. The third-order valence-electron chi connectivity index (χ3n) is 3.32. The monoisotopic (exact) mass is 278 g/mol. The smallest absolute Gasteiger partial charge is 0.336 e. The standard InChI is InChI=1S/C16H22O4/c1-11(2)7-4-3-5-8-12-9-6-10-13(15(17)18)14(12)16(19)20/h6,9-11H,3-5,7-8H2,1-2H3,(H,17,18)(H,19,20). The summed E-state index contributed by atoms with van der Waals surface area (Å²) >= 11 is 0. The SMILES string of the molecule is CC(C)CCCCCc1cccc(C(=O)O)c1C(=O)O. The van der Waals surface area contributed by atoms with Crippen LogP contribution in [-0.4, -0.2) is 22.2 Å². The molecule has 0 atom stereocenters. The van der Waals surface area contributed by atoms with Crippen molar-refractivity contribution in [1.29, 1.82) is 0 Å². The molecular formula is C16H22O4. The Morgan fingerprint density at radius 3 is 2.30 bits per heavy atom. The van der Waals surface area contributed by atoms with E-state index in [1.54, 1.807) is 12.1 Å². The van der Waals surface area contributed by atoms with Crippen molar-refractivity contribution >= 4 is 11.9 Å². The minimum atomic E-state index is -1.19. The van der Waals surface area contributed by atoms with Crippen LogP contribution in [0.3, 0.4) is 0 Å². The van der Waals surface area contributed by atoms with Gasteiger partial charge in [-0.2, -0.15) is 0 Å². The van der Waals surface area contributed by atoms with Gasteiger partial charge in [0, 0.05) is 0 Å². The highest BCUT2D eigenvalue weighted by molar-refractivity contribution is 6.02. The fourth-order valence-corrected chi connectivity index (χ4v) is 2.28. The molecule has 110 valence electrons. The van der Waals surface area contributed by atoms with Crippen molar-refractivity contribution < 1.29 is 19.8 Å². The van der Waals surface area contributed by atoms with Crippen molar-refractivity contribution in [1.82, 2.24) is 0 Å². The largest absolute Gasteiger partial charge is 0.478 e. The molecule has 2 N–H and O–H groups in total. The number of carboxylic acid groups (broad SMARTS) is 2. The van der Waals surface area contributed by atoms with Gasteiger partial charge in [0.2, 0.25) is 0 Å². The minimum Gasteiger partial charge on any atom is -0.478 e. The summed E-state index contributed by atoms with van der Waals surface area (Å²) in [5.74, 6) is -1.68. The van der Waals surface area contributed by atoms with Crippen molar-refractivity contribution in [3.8, 4) is 0 Å². The number of carboxylic acids is 2. The van der Waals surface area contributed by atoms with Gasteiger partial charge in [-0.15, -0.1) is 0 Å². The molecule has 0 saturated heterocycles. The fraction of sp³-hybridized carbons (Fsp3) is 0.500. The summed E-state index contributed by atoms with van der Waals surface area (Å²) < 4.78 is 0. The van der Waals surface area contributed by atoms with Crippen molar-refractivity contribution in [2.24, 2.45) is 5.92 Å². The Morgan fingerprint density at radius 2 is 1.75 bits per heavy atom. The van der Waals surface area contributed by atoms with Crippen LogP contribution in [-0.2, 0) is 6.42 Å². The maximum atomic E-state index is 11.3. The summed E-state index contributed by atoms with van der Waals surface area (Å²) in [7, 11) is 0. The molecule has 0 radical (unpaired) electrons. The summed E-state index contributed by atoms with van der Waals surface area (Å²) in [6.07, 6.45) is 4.82. The normalized spacial score (nSPS) is 10.8. The zero-order chi connectivity index (χ0) is 15.1. The van der Waals surface area contributed by atoms with Crippen LogP contribution in [0.4, 0.5) is 0 Å². The van der Waals surface area contributed by atoms with Crippen molar-refractivity contribution in [3.63, 3.8) is 0 Å². The Balaban J connectivity index is 2.72. The van der Waals surface area contributed by atoms with Gasteiger partial charge in [0.25, 0.3) is 0 Å². The van der Waals surface area contributed by atoms with E-state index in [0.29, 0.717) is 17.9 Å². The van der Waals surface area contributed by atoms with Gasteiger partial charge in [0.1, 0.15) is 0 Å². The molecule has 1 aromatic carbocycles. The molecule has 1 aromatic rings. The summed E-state index contributed by atoms with van der Waals surface area (Å²) in [6.45, 7) is 4.36. The number of benzene rings is 1. The zero-order valence-corrected chi connectivity index (χ0v) is 12.1. The Hall–Kier alpha value is -1.84. The lowest BCUT2D eigenvalue weighted by Crippen LogP contribution is -2.11. The Bertz CT molecular complexity index is 477. The lowest BCUT2D eigenvalue weighted by atomic mass is 9.96. The van der Waals surface area contributed by atoms with E-state index in [-0.39, 0.29) is 11.1 Å². The van der Waals surface area contributed by atoms with Crippen LogP contribution in [0.15, 0.2) is 18.2 Å². The van der Waals surface area contributed by atoms with E-state index in [9.17, 15) is 14.7 Å². The first kappa shape index (κ1) is 16.2. The van der Waals surface area contributed by atoms with Crippen LogP contribution in [0.1, 0.15) is 65.8 Å². The lowest BCUT2D eigenvalue weighted by Gasteiger charge is -2.09. The van der Waals surface area contributed by atoms with Gasteiger partial charge in [-0.3, -0.25) is 0 Å². The van der Waals surface area contributed by atoms with Crippen LogP contribution in [0.2, 0.25) is 0 Å². The molecule has 4 nitrogen and oxygen atoms in total. The van der Waals surface area contributed by atoms with Crippen LogP contribution >= 0.6 is 0 Å². The van der Waals surface area contributed by atoms with Crippen molar-refractivity contribution in [2.45, 2.75) is 46.0 Å². The molecule has 0 heterocycles. The highest BCUT2D eigenvalue weighted by Gasteiger charge is 2.19. The summed E-state index contributed by atoms with van der Waals surface area (Å²) in [4.78, 5) is 22.3. The number of hydrogen-bond acceptors (Lipinski definition) is 2. The third-order valence-corrected chi connectivity index (χ3v) is 3.32. The average Bonchev–Trinajstić information content (AvgIpc) is 2.37. The molecule has 0 amide bonds. The number of aryl methyl sites for hydroxylation is 1. The zero-order valence-electron chi connectivity index (χ0n) is 12.1. The van der Waals surface area contributed by atoms with Gasteiger partial charge >= 0.3 is 11.9 Å². The van der Waals surface area contributed by atoms with E-state index < -0.39 is 11.9 Å². The first-order chi connectivity index (χ1) is 9.43. The van der Waals surface area contributed by atoms with Gasteiger partial charge in [0.05, 0.1) is 11.1 Å². The van der Waals surface area contributed by atoms with Crippen LogP contribution in [0, 0.1) is 5.92 Å². The predicted octanol–water partition coefficient (Wildman–Crippen LogP) is 3.84. The van der Waals surface area contributed by atoms with E-state index in [1.165, 1.54) is 12.5 Å². The molecule has 4 heteroatoms. The summed E-state index contributed by atoms with van der Waals surface area (Å²) in [5, 5.41) is 18.3. The summed E-state index contributed by atoms with van der Waals surface area (Å²) in [5.41, 5.74) is 0.419. The third kappa shape index (κ3) is 4.68. The molecule has 1 rings (SSSR count). The maximum Gasteiger partial charge on any atom is 0.336 e. The predicted molar refractivity (Wildman–Crippen MR) is 77.4 cm³/mol. The molecule has 0 aliphatic carbocycles. The second-order valence-corrected chi connectivity index (χ2v) is 5.44. The highest BCUT2D eigenvalue weighted by Crippen LogP contribution is 2.19. The van der Waals surface area contributed by atoms with Crippen LogP contribution in [0.25, 0.3) is 0 Å². The second kappa shape index (κ2) is 7.68. The number of hydrogen-bond donors (Lipinski definition) is 2. The van der Waals surface area contributed by atoms with E-state index in [1.807, 2.05) is 0 Å². The second-order valence-electron chi connectivity index (χ2n) is 5.44. The molecule has 0 aliphatic rings. The van der Waals surface area contributed by atoms with Gasteiger partial charge in [0.15, 0.2) is 0 Å². The van der Waals surface area contributed by atoms with Gasteiger partial charge in [-0.1, -0.05) is 45.2 Å². The molecule has 0 unspecified atom stereocenters. The van der Waals surface area contributed by atoms with E-state index in [0.717, 1.165) is 19.3 Å². The fourth-order valence-electron chi connectivity index (χ4n) is 2.28. The molecule has 0 aromatic heterocycles. The number of rotatable bonds is 8. The Morgan fingerprint density at radius 1 is 1.05 bits per heavy atom. The summed E-state index contributed by atoms with van der Waals surface area (Å²) in [6, 6.07) is 4.66. The number of carbonyl (C=O) groups is 2. The molecule has 0 bridgehead atoms. The molecular weight excluding hydrogens is 256 g/mol. The Labute approximate surface area is 119 Å². The molecule has 0 saturated carbocycles. The minimum absolute atomic E-state index is 0.0659. The van der Waals surface area contributed by atoms with Crippen molar-refractivity contribution in [3.05, 3.63) is 34.9 Å². The molecule has 20 heavy (non-hydrogen) atoms. The Kier molecular flexibility index (Phi) is 6.22. The van der Waals surface area contributed by atoms with Crippen molar-refractivity contribution in [2.75, 3.05) is 0 Å². The molecule has 0 spiro atoms. The highest BCUT2D eigenvalue weighted by atomic mass is 16.4. The average molecular weight is 278 g/mol. The lowest BCUT2D eigenvalue weighted by molar-refractivity contribution is 0.0650. The molecule has 0 fully saturated rings. The van der Waals surface area contributed by atoms with E-state index >= 15 is 0 Å². The van der Waals surface area contributed by atoms with E-state index in [4.69, 9.17) is 5.11 Å². The maximum absolute atomic E-state index is 11.3. The van der Waals surface area contributed by atoms with Gasteiger partial charge in [-0.05, 0) is 30.4 Å². The van der Waals surface area contributed by atoms with Gasteiger partial charge in [-0.25, -0.2) is 9.59 Å². The van der Waals surface area contributed by atoms with Gasteiger partial charge < -0.3 is 10.2 Å². The molecule has 0 aliphatic heterocycles.